The van der Waals surface area contributed by atoms with Gasteiger partial charge in [-0.1, -0.05) is 31.0 Å². The fourth-order valence-electron chi connectivity index (χ4n) is 1.24. The summed E-state index contributed by atoms with van der Waals surface area (Å²) in [6.07, 6.45) is 1.58. The van der Waals surface area contributed by atoms with E-state index in [0.29, 0.717) is 17.1 Å². The minimum atomic E-state index is -0.450. The highest BCUT2D eigenvalue weighted by Gasteiger charge is 2.11. The van der Waals surface area contributed by atoms with E-state index in [-0.39, 0.29) is 18.3 Å². The maximum absolute atomic E-state index is 11.5. The van der Waals surface area contributed by atoms with Crippen molar-refractivity contribution in [1.29, 1.82) is 0 Å². The molecule has 1 aromatic carbocycles. The van der Waals surface area contributed by atoms with Crippen LogP contribution in [0.2, 0.25) is 5.02 Å². The molecule has 1 amide bonds. The molecule has 0 aliphatic carbocycles. The molecule has 1 unspecified atom stereocenters. The number of amides is 1. The van der Waals surface area contributed by atoms with Crippen molar-refractivity contribution in [3.8, 4) is 0 Å². The van der Waals surface area contributed by atoms with Crippen LogP contribution in [0.4, 0.5) is 5.69 Å². The molecular formula is C11H16Cl2N2O. The van der Waals surface area contributed by atoms with E-state index in [1.165, 1.54) is 0 Å². The summed E-state index contributed by atoms with van der Waals surface area (Å²) >= 11 is 5.79. The largest absolute Gasteiger partial charge is 0.325 e. The summed E-state index contributed by atoms with van der Waals surface area (Å²) in [5.41, 5.74) is 6.35. The molecule has 0 bridgehead atoms. The number of nitrogens with one attached hydrogen (secondary N) is 1. The van der Waals surface area contributed by atoms with Crippen molar-refractivity contribution in [1.82, 2.24) is 0 Å². The van der Waals surface area contributed by atoms with Crippen molar-refractivity contribution in [3.63, 3.8) is 0 Å². The number of hydrogen-bond donors (Lipinski definition) is 2. The first-order valence-electron chi connectivity index (χ1n) is 4.95. The Hall–Kier alpha value is -0.770. The van der Waals surface area contributed by atoms with E-state index in [1.807, 2.05) is 6.92 Å². The van der Waals surface area contributed by atoms with Gasteiger partial charge in [-0.25, -0.2) is 0 Å². The van der Waals surface area contributed by atoms with Gasteiger partial charge in [0.2, 0.25) is 5.91 Å². The number of rotatable bonds is 4. The van der Waals surface area contributed by atoms with Crippen molar-refractivity contribution in [2.45, 2.75) is 25.8 Å². The highest BCUT2D eigenvalue weighted by atomic mass is 35.5. The van der Waals surface area contributed by atoms with Gasteiger partial charge in [0.15, 0.2) is 0 Å². The second-order valence-electron chi connectivity index (χ2n) is 3.39. The van der Waals surface area contributed by atoms with Crippen LogP contribution >= 0.6 is 24.0 Å². The SMILES string of the molecule is CCCC(N)C(=O)Nc1cccc(Cl)c1.Cl. The zero-order chi connectivity index (χ0) is 11.3. The molecule has 3 nitrogen and oxygen atoms in total. The third-order valence-corrected chi connectivity index (χ3v) is 2.26. The molecule has 90 valence electrons. The molecular weight excluding hydrogens is 247 g/mol. The molecule has 1 rings (SSSR count). The fourth-order valence-corrected chi connectivity index (χ4v) is 1.43. The van der Waals surface area contributed by atoms with Gasteiger partial charge in [0.25, 0.3) is 0 Å². The van der Waals surface area contributed by atoms with Gasteiger partial charge >= 0.3 is 0 Å². The summed E-state index contributed by atoms with van der Waals surface area (Å²) in [6.45, 7) is 1.99. The molecule has 5 heteroatoms. The number of hydrogen-bond acceptors (Lipinski definition) is 2. The predicted molar refractivity (Wildman–Crippen MR) is 70.2 cm³/mol. The Kier molecular flexibility index (Phi) is 7.13. The molecule has 16 heavy (non-hydrogen) atoms. The molecule has 0 radical (unpaired) electrons. The van der Waals surface area contributed by atoms with Crippen molar-refractivity contribution in [3.05, 3.63) is 29.3 Å². The standard InChI is InChI=1S/C11H15ClN2O.ClH/c1-2-4-10(13)11(15)14-9-6-3-5-8(12)7-9;/h3,5-7,10H,2,4,13H2,1H3,(H,14,15);1H. The molecule has 0 saturated carbocycles. The van der Waals surface area contributed by atoms with Gasteiger partial charge in [-0.3, -0.25) is 4.79 Å². The van der Waals surface area contributed by atoms with Crippen molar-refractivity contribution in [2.75, 3.05) is 5.32 Å². The second kappa shape index (κ2) is 7.49. The van der Waals surface area contributed by atoms with Crippen LogP contribution in [0.25, 0.3) is 0 Å². The third kappa shape index (κ3) is 4.84. The van der Waals surface area contributed by atoms with E-state index < -0.39 is 6.04 Å². The molecule has 0 aromatic heterocycles. The summed E-state index contributed by atoms with van der Waals surface area (Å²) in [4.78, 5) is 11.5. The van der Waals surface area contributed by atoms with Crippen LogP contribution < -0.4 is 11.1 Å². The van der Waals surface area contributed by atoms with Gasteiger partial charge in [-0.15, -0.1) is 12.4 Å². The highest BCUT2D eigenvalue weighted by Crippen LogP contribution is 2.15. The van der Waals surface area contributed by atoms with E-state index in [9.17, 15) is 4.79 Å². The van der Waals surface area contributed by atoms with Crippen LogP contribution in [0.5, 0.6) is 0 Å². The zero-order valence-corrected chi connectivity index (χ0v) is 10.6. The number of carbonyl (C=O) groups is 1. The van der Waals surface area contributed by atoms with Gasteiger partial charge < -0.3 is 11.1 Å². The maximum Gasteiger partial charge on any atom is 0.241 e. The topological polar surface area (TPSA) is 55.1 Å². The van der Waals surface area contributed by atoms with E-state index >= 15 is 0 Å². The van der Waals surface area contributed by atoms with Crippen LogP contribution in [0, 0.1) is 0 Å². The number of nitrogens with two attached hydrogens (primary N) is 1. The number of benzene rings is 1. The monoisotopic (exact) mass is 262 g/mol. The summed E-state index contributed by atoms with van der Waals surface area (Å²) in [5, 5.41) is 3.31. The number of halogens is 2. The first-order chi connectivity index (χ1) is 7.13. The normalized spacial score (nSPS) is 11.4. The molecule has 0 aliphatic heterocycles. The Bertz CT molecular complexity index is 345. The minimum Gasteiger partial charge on any atom is -0.325 e. The Morgan fingerprint density at radius 3 is 2.81 bits per heavy atom. The molecule has 1 atom stereocenters. The summed E-state index contributed by atoms with van der Waals surface area (Å²) < 4.78 is 0. The Labute approximate surface area is 107 Å². The summed E-state index contributed by atoms with van der Waals surface area (Å²) in [6, 6.07) is 6.56. The predicted octanol–water partition coefficient (Wildman–Crippen LogP) is 2.83. The number of carbonyl (C=O) groups excluding carboxylic acids is 1. The van der Waals surface area contributed by atoms with Crippen molar-refractivity contribution in [2.24, 2.45) is 5.73 Å². The average molecular weight is 263 g/mol. The first-order valence-corrected chi connectivity index (χ1v) is 5.33. The lowest BCUT2D eigenvalue weighted by Gasteiger charge is -2.11. The van der Waals surface area contributed by atoms with Crippen LogP contribution in [-0.2, 0) is 4.79 Å². The molecule has 0 heterocycles. The van der Waals surface area contributed by atoms with Crippen LogP contribution in [0.15, 0.2) is 24.3 Å². The van der Waals surface area contributed by atoms with Crippen molar-refractivity contribution < 1.29 is 4.79 Å². The summed E-state index contributed by atoms with van der Waals surface area (Å²) in [5.74, 6) is -0.167. The Morgan fingerprint density at radius 2 is 2.25 bits per heavy atom. The molecule has 1 aromatic rings. The van der Waals surface area contributed by atoms with E-state index in [4.69, 9.17) is 17.3 Å². The smallest absolute Gasteiger partial charge is 0.241 e. The molecule has 3 N–H and O–H groups in total. The quantitative estimate of drug-likeness (QED) is 0.877. The van der Waals surface area contributed by atoms with Gasteiger partial charge in [-0.05, 0) is 24.6 Å². The van der Waals surface area contributed by atoms with E-state index in [1.54, 1.807) is 24.3 Å². The fraction of sp³-hybridized carbons (Fsp3) is 0.364. The number of anilines is 1. The lowest BCUT2D eigenvalue weighted by Crippen LogP contribution is -2.35. The average Bonchev–Trinajstić information content (AvgIpc) is 2.18. The van der Waals surface area contributed by atoms with Gasteiger partial charge in [0, 0.05) is 10.7 Å². The van der Waals surface area contributed by atoms with E-state index in [0.717, 1.165) is 6.42 Å². The molecule has 0 spiro atoms. The van der Waals surface area contributed by atoms with E-state index in [2.05, 4.69) is 5.32 Å². The Balaban J connectivity index is 0.00000225. The van der Waals surface area contributed by atoms with Gasteiger partial charge in [0.1, 0.15) is 0 Å². The summed E-state index contributed by atoms with van der Waals surface area (Å²) in [7, 11) is 0. The lowest BCUT2D eigenvalue weighted by molar-refractivity contribution is -0.117. The second-order valence-corrected chi connectivity index (χ2v) is 3.83. The molecule has 0 aliphatic rings. The van der Waals surface area contributed by atoms with Crippen LogP contribution in [-0.4, -0.2) is 11.9 Å². The first kappa shape index (κ1) is 15.2. The van der Waals surface area contributed by atoms with Gasteiger partial charge in [-0.2, -0.15) is 0 Å². The van der Waals surface area contributed by atoms with Crippen molar-refractivity contribution >= 4 is 35.6 Å². The van der Waals surface area contributed by atoms with Crippen LogP contribution in [0.3, 0.4) is 0 Å². The van der Waals surface area contributed by atoms with Crippen LogP contribution in [0.1, 0.15) is 19.8 Å². The van der Waals surface area contributed by atoms with Gasteiger partial charge in [0.05, 0.1) is 6.04 Å². The Morgan fingerprint density at radius 1 is 1.56 bits per heavy atom. The third-order valence-electron chi connectivity index (χ3n) is 2.03. The minimum absolute atomic E-state index is 0. The molecule has 0 saturated heterocycles. The zero-order valence-electron chi connectivity index (χ0n) is 9.07. The highest BCUT2D eigenvalue weighted by molar-refractivity contribution is 6.30. The molecule has 0 fully saturated rings. The maximum atomic E-state index is 11.5. The lowest BCUT2D eigenvalue weighted by atomic mass is 10.1.